The zero-order chi connectivity index (χ0) is 24.0. The molecule has 0 spiro atoms. The highest BCUT2D eigenvalue weighted by Gasteiger charge is 2.29. The van der Waals surface area contributed by atoms with Gasteiger partial charge in [-0.25, -0.2) is 8.42 Å². The van der Waals surface area contributed by atoms with Gasteiger partial charge in [0.1, 0.15) is 16.7 Å². The van der Waals surface area contributed by atoms with E-state index in [9.17, 15) is 13.2 Å². The molecular weight excluding hydrogens is 504 g/mol. The zero-order valence-corrected chi connectivity index (χ0v) is 21.1. The Bertz CT molecular complexity index is 1220. The van der Waals surface area contributed by atoms with Crippen molar-refractivity contribution in [1.29, 1.82) is 0 Å². The summed E-state index contributed by atoms with van der Waals surface area (Å²) in [6.45, 7) is 3.66. The van der Waals surface area contributed by atoms with Crippen LogP contribution in [0.2, 0.25) is 0 Å². The third kappa shape index (κ3) is 6.66. The van der Waals surface area contributed by atoms with Crippen LogP contribution in [0.15, 0.2) is 82.2 Å². The summed E-state index contributed by atoms with van der Waals surface area (Å²) in [6, 6.07) is 20.5. The molecule has 8 heteroatoms. The third-order valence-corrected chi connectivity index (χ3v) is 7.20. The van der Waals surface area contributed by atoms with Crippen LogP contribution in [0.4, 0.5) is 0 Å². The normalized spacial score (nSPS) is 13.2. The highest BCUT2D eigenvalue weighted by molar-refractivity contribution is 9.10. The van der Waals surface area contributed by atoms with Crippen LogP contribution >= 0.6 is 15.9 Å². The fourth-order valence-corrected chi connectivity index (χ4v) is 5.32. The number of sulfonamides is 1. The lowest BCUT2D eigenvalue weighted by Gasteiger charge is -2.22. The van der Waals surface area contributed by atoms with E-state index in [1.807, 2.05) is 61.5 Å². The second-order valence-corrected chi connectivity index (χ2v) is 10.4. The first kappa shape index (κ1) is 25.0. The summed E-state index contributed by atoms with van der Waals surface area (Å²) in [4.78, 5) is 13.3. The summed E-state index contributed by atoms with van der Waals surface area (Å²) < 4.78 is 35.3. The average Bonchev–Trinajstić information content (AvgIpc) is 2.79. The van der Waals surface area contributed by atoms with Crippen molar-refractivity contribution in [1.82, 2.24) is 10.0 Å². The van der Waals surface area contributed by atoms with E-state index in [-0.39, 0.29) is 23.1 Å². The number of hydrogen-bond acceptors (Lipinski definition) is 4. The monoisotopic (exact) mass is 530 g/mol. The van der Waals surface area contributed by atoms with E-state index in [0.717, 1.165) is 21.2 Å². The molecule has 0 aliphatic rings. The van der Waals surface area contributed by atoms with Crippen LogP contribution in [-0.4, -0.2) is 27.5 Å². The van der Waals surface area contributed by atoms with E-state index in [1.165, 1.54) is 13.2 Å². The predicted molar refractivity (Wildman–Crippen MR) is 133 cm³/mol. The van der Waals surface area contributed by atoms with E-state index < -0.39 is 22.0 Å². The number of methoxy groups -OCH3 is 1. The molecule has 0 heterocycles. The van der Waals surface area contributed by atoms with Gasteiger partial charge in [0.05, 0.1) is 13.2 Å². The van der Waals surface area contributed by atoms with E-state index in [1.54, 1.807) is 19.1 Å². The van der Waals surface area contributed by atoms with Crippen LogP contribution in [-0.2, 0) is 21.2 Å². The molecule has 3 rings (SSSR count). The van der Waals surface area contributed by atoms with Crippen molar-refractivity contribution in [2.45, 2.75) is 37.2 Å². The van der Waals surface area contributed by atoms with Crippen molar-refractivity contribution in [3.05, 3.63) is 94.0 Å². The summed E-state index contributed by atoms with van der Waals surface area (Å²) in [6.07, 6.45) is 0.200. The average molecular weight is 531 g/mol. The first-order valence-electron chi connectivity index (χ1n) is 10.5. The Hall–Kier alpha value is -2.68. The summed E-state index contributed by atoms with van der Waals surface area (Å²) in [5.41, 5.74) is 2.51. The van der Waals surface area contributed by atoms with E-state index >= 15 is 0 Å². The number of hydrogen-bond donors (Lipinski definition) is 2. The second-order valence-electron chi connectivity index (χ2n) is 7.80. The summed E-state index contributed by atoms with van der Waals surface area (Å²) in [5.74, 6) is -0.198. The van der Waals surface area contributed by atoms with E-state index in [0.29, 0.717) is 0 Å². The minimum Gasteiger partial charge on any atom is -0.495 e. The molecule has 0 aliphatic carbocycles. The lowest BCUT2D eigenvalue weighted by atomic mass is 10.0. The van der Waals surface area contributed by atoms with Crippen LogP contribution in [0.3, 0.4) is 0 Å². The third-order valence-electron chi connectivity index (χ3n) is 5.21. The van der Waals surface area contributed by atoms with Crippen molar-refractivity contribution in [3.63, 3.8) is 0 Å². The number of carbonyl (C=O) groups excluding carboxylic acids is 1. The molecule has 2 atom stereocenters. The van der Waals surface area contributed by atoms with Crippen molar-refractivity contribution in [3.8, 4) is 5.75 Å². The minimum absolute atomic E-state index is 0.00380. The molecule has 0 radical (unpaired) electrons. The van der Waals surface area contributed by atoms with Crippen LogP contribution in [0, 0.1) is 6.92 Å². The molecule has 0 saturated heterocycles. The predicted octanol–water partition coefficient (Wildman–Crippen LogP) is 4.53. The molecule has 3 aromatic rings. The van der Waals surface area contributed by atoms with Gasteiger partial charge in [-0.15, -0.1) is 0 Å². The lowest BCUT2D eigenvalue weighted by Crippen LogP contribution is -2.48. The Labute approximate surface area is 203 Å². The van der Waals surface area contributed by atoms with Crippen LogP contribution in [0.25, 0.3) is 0 Å². The van der Waals surface area contributed by atoms with Gasteiger partial charge in [-0.05, 0) is 61.2 Å². The van der Waals surface area contributed by atoms with Crippen LogP contribution in [0.5, 0.6) is 5.75 Å². The number of benzene rings is 3. The molecule has 2 N–H and O–H groups in total. The van der Waals surface area contributed by atoms with Crippen molar-refractivity contribution < 1.29 is 17.9 Å². The molecule has 174 valence electrons. The fraction of sp³-hybridized carbons (Fsp3) is 0.240. The molecule has 0 fully saturated rings. The molecule has 33 heavy (non-hydrogen) atoms. The van der Waals surface area contributed by atoms with Crippen molar-refractivity contribution in [2.24, 2.45) is 0 Å². The Morgan fingerprint density at radius 2 is 1.76 bits per heavy atom. The van der Waals surface area contributed by atoms with Crippen LogP contribution in [0.1, 0.15) is 29.7 Å². The van der Waals surface area contributed by atoms with Gasteiger partial charge < -0.3 is 10.1 Å². The SMILES string of the molecule is COc1ccc(C)cc1S(=O)(=O)N[C@@H](Cc1ccccc1)C(=O)N[C@@H](C)c1cccc(Br)c1. The van der Waals surface area contributed by atoms with Gasteiger partial charge in [0.15, 0.2) is 0 Å². The first-order valence-corrected chi connectivity index (χ1v) is 12.7. The number of rotatable bonds is 9. The van der Waals surface area contributed by atoms with Gasteiger partial charge in [-0.2, -0.15) is 4.72 Å². The van der Waals surface area contributed by atoms with E-state index in [2.05, 4.69) is 26.0 Å². The molecule has 0 aliphatic heterocycles. The summed E-state index contributed by atoms with van der Waals surface area (Å²) in [5, 5.41) is 2.94. The Kier molecular flexibility index (Phi) is 8.29. The molecule has 0 saturated carbocycles. The van der Waals surface area contributed by atoms with Crippen molar-refractivity contribution in [2.75, 3.05) is 7.11 Å². The number of halogens is 1. The van der Waals surface area contributed by atoms with Gasteiger partial charge in [0.2, 0.25) is 15.9 Å². The quantitative estimate of drug-likeness (QED) is 0.425. The summed E-state index contributed by atoms with van der Waals surface area (Å²) >= 11 is 3.44. The Morgan fingerprint density at radius 3 is 2.42 bits per heavy atom. The molecule has 3 aromatic carbocycles. The maximum absolute atomic E-state index is 13.3. The number of nitrogens with one attached hydrogen (secondary N) is 2. The lowest BCUT2D eigenvalue weighted by molar-refractivity contribution is -0.123. The largest absolute Gasteiger partial charge is 0.495 e. The van der Waals surface area contributed by atoms with Gasteiger partial charge >= 0.3 is 0 Å². The zero-order valence-electron chi connectivity index (χ0n) is 18.7. The topological polar surface area (TPSA) is 84.5 Å². The van der Waals surface area contributed by atoms with Crippen molar-refractivity contribution >= 4 is 31.9 Å². The van der Waals surface area contributed by atoms with Gasteiger partial charge in [0.25, 0.3) is 0 Å². The van der Waals surface area contributed by atoms with Gasteiger partial charge in [0, 0.05) is 4.47 Å². The van der Waals surface area contributed by atoms with Crippen LogP contribution < -0.4 is 14.8 Å². The molecular formula is C25H27BrN2O4S. The van der Waals surface area contributed by atoms with Gasteiger partial charge in [-0.3, -0.25) is 4.79 Å². The summed E-state index contributed by atoms with van der Waals surface area (Å²) in [7, 11) is -2.63. The van der Waals surface area contributed by atoms with Gasteiger partial charge in [-0.1, -0.05) is 64.5 Å². The maximum Gasteiger partial charge on any atom is 0.244 e. The highest BCUT2D eigenvalue weighted by atomic mass is 79.9. The fourth-order valence-electron chi connectivity index (χ4n) is 3.46. The number of amides is 1. The number of carbonyl (C=O) groups is 1. The second kappa shape index (κ2) is 11.0. The Balaban J connectivity index is 1.89. The first-order chi connectivity index (χ1) is 15.7. The smallest absolute Gasteiger partial charge is 0.244 e. The highest BCUT2D eigenvalue weighted by Crippen LogP contribution is 2.25. The molecule has 6 nitrogen and oxygen atoms in total. The molecule has 0 unspecified atom stereocenters. The number of aryl methyl sites for hydroxylation is 1. The standard InChI is InChI=1S/C25H27BrN2O4S/c1-17-12-13-23(32-3)24(14-17)33(30,31)28-22(15-19-8-5-4-6-9-19)25(29)27-18(2)20-10-7-11-21(26)16-20/h4-14,16,18,22,28H,15H2,1-3H3,(H,27,29)/t18-,22-/m0/s1. The minimum atomic E-state index is -4.04. The van der Waals surface area contributed by atoms with E-state index in [4.69, 9.17) is 4.74 Å². The Morgan fingerprint density at radius 1 is 1.03 bits per heavy atom. The number of ether oxygens (including phenoxy) is 1. The molecule has 0 aromatic heterocycles. The maximum atomic E-state index is 13.3. The molecule has 1 amide bonds. The molecule has 0 bridgehead atoms.